The van der Waals surface area contributed by atoms with Crippen LogP contribution >= 0.6 is 12.6 Å². The van der Waals surface area contributed by atoms with Gasteiger partial charge in [-0.25, -0.2) is 0 Å². The molecule has 20 heavy (non-hydrogen) atoms. The van der Waals surface area contributed by atoms with Gasteiger partial charge in [0.15, 0.2) is 5.16 Å². The molecule has 0 atom stereocenters. The molecule has 0 saturated heterocycles. The van der Waals surface area contributed by atoms with Gasteiger partial charge in [-0.2, -0.15) is 0 Å². The lowest BCUT2D eigenvalue weighted by molar-refractivity contribution is 0.287. The third-order valence-electron chi connectivity index (χ3n) is 3.28. The Hall–Kier alpha value is -1.85. The molecule has 0 spiro atoms. The fourth-order valence-corrected chi connectivity index (χ4v) is 2.62. The molecule has 5 heteroatoms. The summed E-state index contributed by atoms with van der Waals surface area (Å²) in [6.07, 6.45) is 1.34. The maximum absolute atomic E-state index is 8.99. The number of fused-ring (bicyclic) bond motifs is 1. The molecule has 0 radical (unpaired) electrons. The first-order valence-electron chi connectivity index (χ1n) is 6.53. The van der Waals surface area contributed by atoms with Gasteiger partial charge in [-0.3, -0.25) is 4.57 Å². The van der Waals surface area contributed by atoms with Crippen molar-refractivity contribution in [1.82, 2.24) is 14.8 Å². The van der Waals surface area contributed by atoms with E-state index in [0.717, 1.165) is 16.9 Å². The average Bonchev–Trinajstić information content (AvgIpc) is 2.85. The van der Waals surface area contributed by atoms with Crippen LogP contribution < -0.4 is 0 Å². The van der Waals surface area contributed by atoms with Gasteiger partial charge in [-0.15, -0.1) is 22.8 Å². The SMILES string of the molecule is OCCCc1nnc(S)n1-c1cccc2ccccc12. The molecule has 0 unspecified atom stereocenters. The van der Waals surface area contributed by atoms with Gasteiger partial charge < -0.3 is 5.11 Å². The van der Waals surface area contributed by atoms with Gasteiger partial charge in [-0.1, -0.05) is 36.4 Å². The molecule has 1 N–H and O–H groups in total. The van der Waals surface area contributed by atoms with Crippen LogP contribution in [0.4, 0.5) is 0 Å². The Labute approximate surface area is 122 Å². The Morgan fingerprint density at radius 2 is 1.85 bits per heavy atom. The van der Waals surface area contributed by atoms with E-state index in [1.165, 1.54) is 5.39 Å². The van der Waals surface area contributed by atoms with E-state index in [0.29, 0.717) is 18.0 Å². The molecule has 0 aliphatic rings. The summed E-state index contributed by atoms with van der Waals surface area (Å²) in [5.41, 5.74) is 1.02. The second-order valence-electron chi connectivity index (χ2n) is 4.58. The highest BCUT2D eigenvalue weighted by atomic mass is 32.1. The Bertz CT molecular complexity index is 734. The number of thiol groups is 1. The molecule has 0 fully saturated rings. The Balaban J connectivity index is 2.18. The minimum absolute atomic E-state index is 0.143. The number of hydrogen-bond acceptors (Lipinski definition) is 4. The lowest BCUT2D eigenvalue weighted by Gasteiger charge is -2.11. The van der Waals surface area contributed by atoms with Crippen LogP contribution in [-0.2, 0) is 6.42 Å². The summed E-state index contributed by atoms with van der Waals surface area (Å²) in [7, 11) is 0. The van der Waals surface area contributed by atoms with Gasteiger partial charge in [0.1, 0.15) is 5.82 Å². The predicted octanol–water partition coefficient (Wildman–Crippen LogP) is 2.63. The molecule has 0 saturated carbocycles. The number of hydrogen-bond donors (Lipinski definition) is 2. The van der Waals surface area contributed by atoms with Crippen LogP contribution in [0.15, 0.2) is 47.6 Å². The monoisotopic (exact) mass is 285 g/mol. The Kier molecular flexibility index (Phi) is 3.71. The van der Waals surface area contributed by atoms with E-state index >= 15 is 0 Å². The molecule has 2 aromatic carbocycles. The third-order valence-corrected chi connectivity index (χ3v) is 3.57. The number of aromatic nitrogens is 3. The lowest BCUT2D eigenvalue weighted by atomic mass is 10.1. The first-order chi connectivity index (χ1) is 9.81. The van der Waals surface area contributed by atoms with Gasteiger partial charge in [0.25, 0.3) is 0 Å². The molecule has 3 rings (SSSR count). The summed E-state index contributed by atoms with van der Waals surface area (Å²) < 4.78 is 1.95. The van der Waals surface area contributed by atoms with E-state index in [1.54, 1.807) is 0 Å². The minimum Gasteiger partial charge on any atom is -0.396 e. The van der Waals surface area contributed by atoms with Crippen LogP contribution in [0.2, 0.25) is 0 Å². The largest absolute Gasteiger partial charge is 0.396 e. The number of aliphatic hydroxyl groups is 1. The van der Waals surface area contributed by atoms with Gasteiger partial charge >= 0.3 is 0 Å². The van der Waals surface area contributed by atoms with Crippen LogP contribution in [-0.4, -0.2) is 26.5 Å². The highest BCUT2D eigenvalue weighted by Crippen LogP contribution is 2.25. The maximum atomic E-state index is 8.99. The maximum Gasteiger partial charge on any atom is 0.192 e. The summed E-state index contributed by atoms with van der Waals surface area (Å²) >= 11 is 4.40. The summed E-state index contributed by atoms with van der Waals surface area (Å²) in [6, 6.07) is 14.3. The number of aliphatic hydroxyl groups excluding tert-OH is 1. The van der Waals surface area contributed by atoms with Crippen molar-refractivity contribution in [2.75, 3.05) is 6.61 Å². The van der Waals surface area contributed by atoms with Crippen molar-refractivity contribution in [3.8, 4) is 5.69 Å². The van der Waals surface area contributed by atoms with Gasteiger partial charge in [0.05, 0.1) is 5.69 Å². The van der Waals surface area contributed by atoms with E-state index in [2.05, 4.69) is 41.0 Å². The van der Waals surface area contributed by atoms with Crippen molar-refractivity contribution < 1.29 is 5.11 Å². The smallest absolute Gasteiger partial charge is 0.192 e. The molecule has 0 amide bonds. The molecular formula is C15H15N3OS. The van der Waals surface area contributed by atoms with Crippen molar-refractivity contribution in [1.29, 1.82) is 0 Å². The van der Waals surface area contributed by atoms with Crippen LogP contribution in [0.5, 0.6) is 0 Å². The van der Waals surface area contributed by atoms with Crippen LogP contribution in [0.3, 0.4) is 0 Å². The number of benzene rings is 2. The van der Waals surface area contributed by atoms with Gasteiger partial charge in [0.2, 0.25) is 0 Å². The quantitative estimate of drug-likeness (QED) is 0.725. The first-order valence-corrected chi connectivity index (χ1v) is 6.98. The van der Waals surface area contributed by atoms with E-state index in [9.17, 15) is 0 Å². The number of nitrogens with zero attached hydrogens (tertiary/aromatic N) is 3. The summed E-state index contributed by atoms with van der Waals surface area (Å²) in [5.74, 6) is 0.820. The van der Waals surface area contributed by atoms with Gasteiger partial charge in [-0.05, 0) is 17.9 Å². The molecule has 4 nitrogen and oxygen atoms in total. The zero-order chi connectivity index (χ0) is 13.9. The minimum atomic E-state index is 0.143. The fraction of sp³-hybridized carbons (Fsp3) is 0.200. The summed E-state index contributed by atoms with van der Waals surface area (Å²) in [4.78, 5) is 0. The Morgan fingerprint density at radius 1 is 1.05 bits per heavy atom. The van der Waals surface area contributed by atoms with E-state index in [1.807, 2.05) is 28.8 Å². The standard InChI is InChI=1S/C15H15N3OS/c19-10-4-9-14-16-17-15(20)18(14)13-8-3-6-11-5-1-2-7-12(11)13/h1-3,5-8,19H,4,9-10H2,(H,17,20). The molecule has 0 aliphatic carbocycles. The lowest BCUT2D eigenvalue weighted by Crippen LogP contribution is -2.04. The highest BCUT2D eigenvalue weighted by molar-refractivity contribution is 7.80. The van der Waals surface area contributed by atoms with Gasteiger partial charge in [0, 0.05) is 18.4 Å². The molecule has 1 aromatic heterocycles. The highest BCUT2D eigenvalue weighted by Gasteiger charge is 2.13. The second kappa shape index (κ2) is 5.64. The zero-order valence-corrected chi connectivity index (χ0v) is 11.8. The first kappa shape index (κ1) is 13.1. The normalized spacial score (nSPS) is 11.1. The fourth-order valence-electron chi connectivity index (χ4n) is 2.36. The molecule has 0 aliphatic heterocycles. The Morgan fingerprint density at radius 3 is 2.70 bits per heavy atom. The van der Waals surface area contributed by atoms with Crippen molar-refractivity contribution in [2.24, 2.45) is 0 Å². The van der Waals surface area contributed by atoms with Crippen molar-refractivity contribution in [3.05, 3.63) is 48.3 Å². The molecular weight excluding hydrogens is 270 g/mol. The van der Waals surface area contributed by atoms with Crippen LogP contribution in [0.25, 0.3) is 16.5 Å². The van der Waals surface area contributed by atoms with E-state index in [-0.39, 0.29) is 6.61 Å². The number of aryl methyl sites for hydroxylation is 1. The van der Waals surface area contributed by atoms with Crippen LogP contribution in [0, 0.1) is 0 Å². The van der Waals surface area contributed by atoms with Crippen molar-refractivity contribution >= 4 is 23.4 Å². The summed E-state index contributed by atoms with van der Waals surface area (Å²) in [6.45, 7) is 0.143. The van der Waals surface area contributed by atoms with Crippen molar-refractivity contribution in [2.45, 2.75) is 18.0 Å². The van der Waals surface area contributed by atoms with Crippen molar-refractivity contribution in [3.63, 3.8) is 0 Å². The second-order valence-corrected chi connectivity index (χ2v) is 4.98. The van der Waals surface area contributed by atoms with Crippen LogP contribution in [0.1, 0.15) is 12.2 Å². The van der Waals surface area contributed by atoms with E-state index in [4.69, 9.17) is 5.11 Å². The van der Waals surface area contributed by atoms with E-state index < -0.39 is 0 Å². The average molecular weight is 285 g/mol. The third kappa shape index (κ3) is 2.30. The summed E-state index contributed by atoms with van der Waals surface area (Å²) in [5, 5.41) is 20.1. The molecule has 3 aromatic rings. The zero-order valence-electron chi connectivity index (χ0n) is 10.9. The topological polar surface area (TPSA) is 50.9 Å². The molecule has 102 valence electrons. The number of rotatable bonds is 4. The molecule has 0 bridgehead atoms. The molecule has 1 heterocycles. The predicted molar refractivity (Wildman–Crippen MR) is 81.5 cm³/mol.